The minimum atomic E-state index is -0.626. The molecule has 2 N–H and O–H groups in total. The number of carbonyl (C=O) groups excluding carboxylic acids is 2. The van der Waals surface area contributed by atoms with Crippen molar-refractivity contribution in [3.05, 3.63) is 65.1 Å². The molecule has 0 saturated heterocycles. The molecule has 0 saturated carbocycles. The number of amides is 2. The van der Waals surface area contributed by atoms with Gasteiger partial charge in [0.05, 0.1) is 5.02 Å². The maximum Gasteiger partial charge on any atom is 0.293 e. The molecule has 27 heavy (non-hydrogen) atoms. The van der Waals surface area contributed by atoms with Crippen LogP contribution in [-0.4, -0.2) is 34.9 Å². The maximum atomic E-state index is 13.3. The molecule has 0 aliphatic heterocycles. The molecule has 2 amide bonds. The highest BCUT2D eigenvalue weighted by molar-refractivity contribution is 6.30. The van der Waals surface area contributed by atoms with Gasteiger partial charge < -0.3 is 15.4 Å². The van der Waals surface area contributed by atoms with Crippen molar-refractivity contribution in [3.8, 4) is 5.75 Å². The number of halogens is 2. The Labute approximate surface area is 160 Å². The number of nitrogens with zero attached hydrogens (tertiary/aromatic N) is 2. The van der Waals surface area contributed by atoms with Crippen LogP contribution in [0.5, 0.6) is 5.75 Å². The fraction of sp³-hybridized carbons (Fsp3) is 0.222. The largest absolute Gasteiger partial charge is 0.484 e. The number of aromatic nitrogens is 2. The van der Waals surface area contributed by atoms with E-state index in [0.717, 1.165) is 11.6 Å². The number of nitrogens with one attached hydrogen (secondary N) is 2. The number of aryl methyl sites for hydroxylation is 1. The molecule has 1 aromatic heterocycles. The molecule has 9 heteroatoms. The summed E-state index contributed by atoms with van der Waals surface area (Å²) < 4.78 is 18.4. The van der Waals surface area contributed by atoms with Crippen LogP contribution in [0, 0.1) is 12.7 Å². The van der Waals surface area contributed by atoms with E-state index in [-0.39, 0.29) is 29.7 Å². The highest BCUT2D eigenvalue weighted by Crippen LogP contribution is 2.20. The molecular formula is C18H18ClFN4O3. The summed E-state index contributed by atoms with van der Waals surface area (Å²) in [7, 11) is 0. The van der Waals surface area contributed by atoms with Gasteiger partial charge in [0.1, 0.15) is 11.6 Å². The van der Waals surface area contributed by atoms with Gasteiger partial charge in [-0.1, -0.05) is 18.2 Å². The Bertz CT molecular complexity index is 843. The molecule has 142 valence electrons. The number of benzene rings is 1. The Hall–Kier alpha value is -3.00. The van der Waals surface area contributed by atoms with Crippen LogP contribution < -0.4 is 15.4 Å². The summed E-state index contributed by atoms with van der Waals surface area (Å²) in [5.74, 6) is -1.26. The minimum absolute atomic E-state index is 0.0246. The van der Waals surface area contributed by atoms with Gasteiger partial charge in [0.15, 0.2) is 6.61 Å². The van der Waals surface area contributed by atoms with Crippen LogP contribution in [0.3, 0.4) is 0 Å². The molecule has 0 atom stereocenters. The minimum Gasteiger partial charge on any atom is -0.484 e. The summed E-state index contributed by atoms with van der Waals surface area (Å²) in [6, 6.07) is 3.90. The highest BCUT2D eigenvalue weighted by Gasteiger charge is 2.10. The first kappa shape index (κ1) is 20.3. The molecule has 0 aliphatic carbocycles. The zero-order valence-electron chi connectivity index (χ0n) is 14.6. The molecule has 7 nitrogen and oxygen atoms in total. The SMILES string of the molecule is C=C(CCNC(=O)COc1ccc(Cl)c(F)c1)NC(=O)c1ncc(C)cn1. The number of carbonyl (C=O) groups is 2. The van der Waals surface area contributed by atoms with Crippen molar-refractivity contribution < 1.29 is 18.7 Å². The molecule has 1 heterocycles. The fourth-order valence-corrected chi connectivity index (χ4v) is 2.03. The third-order valence-corrected chi connectivity index (χ3v) is 3.59. The first-order chi connectivity index (χ1) is 12.8. The molecule has 2 rings (SSSR count). The zero-order valence-corrected chi connectivity index (χ0v) is 15.3. The van der Waals surface area contributed by atoms with Gasteiger partial charge >= 0.3 is 0 Å². The summed E-state index contributed by atoms with van der Waals surface area (Å²) in [6.07, 6.45) is 3.40. The lowest BCUT2D eigenvalue weighted by molar-refractivity contribution is -0.123. The molecule has 0 unspecified atom stereocenters. The molecule has 0 radical (unpaired) electrons. The maximum absolute atomic E-state index is 13.3. The Morgan fingerprint density at radius 2 is 2.00 bits per heavy atom. The third-order valence-electron chi connectivity index (χ3n) is 3.28. The summed E-state index contributed by atoms with van der Waals surface area (Å²) in [6.45, 7) is 5.50. The lowest BCUT2D eigenvalue weighted by Gasteiger charge is -2.10. The van der Waals surface area contributed by atoms with Crippen molar-refractivity contribution in [1.82, 2.24) is 20.6 Å². The average molecular weight is 393 g/mol. The van der Waals surface area contributed by atoms with E-state index in [4.69, 9.17) is 16.3 Å². The van der Waals surface area contributed by atoms with E-state index in [1.54, 1.807) is 0 Å². The van der Waals surface area contributed by atoms with Gasteiger partial charge in [-0.3, -0.25) is 9.59 Å². The van der Waals surface area contributed by atoms with Crippen molar-refractivity contribution in [3.63, 3.8) is 0 Å². The third kappa shape index (κ3) is 6.67. The molecule has 0 fully saturated rings. The van der Waals surface area contributed by atoms with E-state index in [1.807, 2.05) is 6.92 Å². The monoisotopic (exact) mass is 392 g/mol. The molecule has 1 aromatic carbocycles. The second-order valence-corrected chi connectivity index (χ2v) is 6.01. The predicted octanol–water partition coefficient (Wildman–Crippen LogP) is 2.41. The van der Waals surface area contributed by atoms with Gasteiger partial charge in [0.25, 0.3) is 11.8 Å². The topological polar surface area (TPSA) is 93.2 Å². The van der Waals surface area contributed by atoms with Gasteiger partial charge in [-0.25, -0.2) is 14.4 Å². The molecule has 0 aliphatic rings. The van der Waals surface area contributed by atoms with Crippen LogP contribution >= 0.6 is 11.6 Å². The van der Waals surface area contributed by atoms with Crippen LogP contribution in [0.25, 0.3) is 0 Å². The standard InChI is InChI=1S/C18H18ClFN4O3/c1-11-8-22-17(23-9-11)18(26)24-12(2)5-6-21-16(25)10-27-13-3-4-14(19)15(20)7-13/h3-4,7-9H,2,5-6,10H2,1H3,(H,21,25)(H,24,26). The van der Waals surface area contributed by atoms with E-state index in [2.05, 4.69) is 27.2 Å². The summed E-state index contributed by atoms with van der Waals surface area (Å²) in [5.41, 5.74) is 1.25. The van der Waals surface area contributed by atoms with Crippen molar-refractivity contribution in [2.75, 3.05) is 13.2 Å². The fourth-order valence-electron chi connectivity index (χ4n) is 1.91. The normalized spacial score (nSPS) is 10.2. The van der Waals surface area contributed by atoms with Crippen LogP contribution in [0.1, 0.15) is 22.6 Å². The van der Waals surface area contributed by atoms with E-state index in [1.165, 1.54) is 24.5 Å². The van der Waals surface area contributed by atoms with E-state index >= 15 is 0 Å². The van der Waals surface area contributed by atoms with Crippen molar-refractivity contribution in [2.24, 2.45) is 0 Å². The number of hydrogen-bond donors (Lipinski definition) is 2. The van der Waals surface area contributed by atoms with Crippen molar-refractivity contribution in [2.45, 2.75) is 13.3 Å². The van der Waals surface area contributed by atoms with Crippen LogP contribution in [0.4, 0.5) is 4.39 Å². The second kappa shape index (κ2) is 9.63. The first-order valence-corrected chi connectivity index (χ1v) is 8.35. The quantitative estimate of drug-likeness (QED) is 0.719. The van der Waals surface area contributed by atoms with E-state index in [0.29, 0.717) is 12.1 Å². The first-order valence-electron chi connectivity index (χ1n) is 7.97. The Morgan fingerprint density at radius 3 is 2.67 bits per heavy atom. The van der Waals surface area contributed by atoms with Gasteiger partial charge in [0, 0.05) is 37.1 Å². The summed E-state index contributed by atoms with van der Waals surface area (Å²) in [4.78, 5) is 31.5. The highest BCUT2D eigenvalue weighted by atomic mass is 35.5. The van der Waals surface area contributed by atoms with Crippen LogP contribution in [0.15, 0.2) is 42.9 Å². The molecule has 0 bridgehead atoms. The Kier molecular flexibility index (Phi) is 7.25. The second-order valence-electron chi connectivity index (χ2n) is 5.61. The van der Waals surface area contributed by atoms with Gasteiger partial charge in [-0.15, -0.1) is 0 Å². The predicted molar refractivity (Wildman–Crippen MR) is 97.9 cm³/mol. The lowest BCUT2D eigenvalue weighted by atomic mass is 10.3. The average Bonchev–Trinajstić information content (AvgIpc) is 2.63. The van der Waals surface area contributed by atoms with Gasteiger partial charge in [-0.2, -0.15) is 0 Å². The Morgan fingerprint density at radius 1 is 1.30 bits per heavy atom. The molecular weight excluding hydrogens is 375 g/mol. The molecule has 2 aromatic rings. The van der Waals surface area contributed by atoms with Crippen LogP contribution in [0.2, 0.25) is 5.02 Å². The number of hydrogen-bond acceptors (Lipinski definition) is 5. The van der Waals surface area contributed by atoms with Crippen molar-refractivity contribution in [1.29, 1.82) is 0 Å². The van der Waals surface area contributed by atoms with E-state index in [9.17, 15) is 14.0 Å². The van der Waals surface area contributed by atoms with Gasteiger partial charge in [0.2, 0.25) is 5.82 Å². The van der Waals surface area contributed by atoms with Gasteiger partial charge in [-0.05, 0) is 24.6 Å². The zero-order chi connectivity index (χ0) is 19.8. The Balaban J connectivity index is 1.68. The number of rotatable bonds is 8. The summed E-state index contributed by atoms with van der Waals surface area (Å²) >= 11 is 5.57. The smallest absolute Gasteiger partial charge is 0.293 e. The summed E-state index contributed by atoms with van der Waals surface area (Å²) in [5, 5.41) is 5.14. The number of ether oxygens (including phenoxy) is 1. The van der Waals surface area contributed by atoms with E-state index < -0.39 is 17.6 Å². The van der Waals surface area contributed by atoms with Crippen molar-refractivity contribution >= 4 is 23.4 Å². The lowest BCUT2D eigenvalue weighted by Crippen LogP contribution is -2.32. The molecule has 0 spiro atoms. The van der Waals surface area contributed by atoms with Crippen LogP contribution in [-0.2, 0) is 4.79 Å².